The van der Waals surface area contributed by atoms with Crippen LogP contribution in [0.25, 0.3) is 10.8 Å². The zero-order chi connectivity index (χ0) is 21.1. The van der Waals surface area contributed by atoms with Gasteiger partial charge in [-0.05, 0) is 30.4 Å². The highest BCUT2D eigenvalue weighted by molar-refractivity contribution is 7.10. The molecule has 30 heavy (non-hydrogen) atoms. The van der Waals surface area contributed by atoms with Crippen molar-refractivity contribution >= 4 is 39.8 Å². The summed E-state index contributed by atoms with van der Waals surface area (Å²) in [6.45, 7) is 0.502. The smallest absolute Gasteiger partial charge is 0.290 e. The fraction of sp³-hybridized carbons (Fsp3) is 0.250. The monoisotopic (exact) mass is 425 g/mol. The first kappa shape index (κ1) is 19.8. The van der Waals surface area contributed by atoms with Crippen LogP contribution >= 0.6 is 11.3 Å². The molecule has 4 rings (SSSR count). The number of aromatic amines is 1. The lowest BCUT2D eigenvalue weighted by Gasteiger charge is -2.23. The second-order valence-corrected chi connectivity index (χ2v) is 7.92. The minimum atomic E-state index is -0.662. The molecule has 1 aliphatic heterocycles. The normalized spacial score (nSPS) is 15.9. The van der Waals surface area contributed by atoms with E-state index in [1.54, 1.807) is 29.2 Å². The molecule has 9 nitrogen and oxygen atoms in total. The lowest BCUT2D eigenvalue weighted by Crippen LogP contribution is -2.52. The Hall–Kier alpha value is -3.53. The van der Waals surface area contributed by atoms with Crippen LogP contribution < -0.4 is 16.4 Å². The Morgan fingerprint density at radius 3 is 2.70 bits per heavy atom. The molecule has 0 saturated carbocycles. The number of carbonyl (C=O) groups is 3. The minimum Gasteiger partial charge on any atom is -0.330 e. The quantitative estimate of drug-likeness (QED) is 0.538. The molecule has 2 aromatic heterocycles. The molecule has 1 fully saturated rings. The second-order valence-electron chi connectivity index (χ2n) is 6.89. The van der Waals surface area contributed by atoms with Crippen molar-refractivity contribution in [2.24, 2.45) is 0 Å². The highest BCUT2D eigenvalue weighted by Gasteiger charge is 2.34. The third kappa shape index (κ3) is 3.94. The van der Waals surface area contributed by atoms with E-state index in [1.807, 2.05) is 17.5 Å². The van der Waals surface area contributed by atoms with Gasteiger partial charge >= 0.3 is 0 Å². The Bertz CT molecular complexity index is 1160. The van der Waals surface area contributed by atoms with Gasteiger partial charge in [0.25, 0.3) is 17.4 Å². The molecule has 1 unspecified atom stereocenters. The van der Waals surface area contributed by atoms with Gasteiger partial charge in [-0.15, -0.1) is 11.3 Å². The Morgan fingerprint density at radius 1 is 1.13 bits per heavy atom. The molecule has 0 radical (unpaired) electrons. The summed E-state index contributed by atoms with van der Waals surface area (Å²) in [5.74, 6) is -1.24. The van der Waals surface area contributed by atoms with Crippen LogP contribution in [0.15, 0.2) is 46.6 Å². The number of aromatic nitrogens is 2. The topological polar surface area (TPSA) is 124 Å². The van der Waals surface area contributed by atoms with Gasteiger partial charge in [0.05, 0.1) is 11.8 Å². The van der Waals surface area contributed by atoms with Gasteiger partial charge in [-0.2, -0.15) is 5.10 Å². The SMILES string of the molecule is O=C(NNC(=O)C1CCCN1C(=O)Cc1cccs1)c1n[nH]c(=O)c2ccccc12. The number of nitrogens with one attached hydrogen (secondary N) is 3. The van der Waals surface area contributed by atoms with Crippen LogP contribution in [0.5, 0.6) is 0 Å². The van der Waals surface area contributed by atoms with E-state index >= 15 is 0 Å². The first-order valence-electron chi connectivity index (χ1n) is 9.44. The number of rotatable bonds is 4. The molecule has 154 valence electrons. The van der Waals surface area contributed by atoms with E-state index in [1.165, 1.54) is 11.3 Å². The number of carbonyl (C=O) groups excluding carboxylic acids is 3. The van der Waals surface area contributed by atoms with Crippen LogP contribution in [0.3, 0.4) is 0 Å². The molecule has 3 aromatic rings. The second kappa shape index (κ2) is 8.46. The zero-order valence-corrected chi connectivity index (χ0v) is 16.7. The van der Waals surface area contributed by atoms with Gasteiger partial charge in [0.15, 0.2) is 5.69 Å². The third-order valence-electron chi connectivity index (χ3n) is 4.99. The first-order valence-corrected chi connectivity index (χ1v) is 10.3. The standard InChI is InChI=1S/C20H19N5O4S/c26-16(11-12-5-4-10-30-12)25-9-3-8-15(25)19(28)23-24-20(29)17-13-6-1-2-7-14(13)18(27)22-21-17/h1-2,4-7,10,15H,3,8-9,11H2,(H,22,27)(H,23,28)(H,24,29). The summed E-state index contributed by atoms with van der Waals surface area (Å²) >= 11 is 1.50. The number of hydrogen-bond acceptors (Lipinski definition) is 6. The van der Waals surface area contributed by atoms with Crippen molar-refractivity contribution in [3.8, 4) is 0 Å². The molecule has 0 bridgehead atoms. The van der Waals surface area contributed by atoms with Crippen LogP contribution in [0, 0.1) is 0 Å². The molecule has 1 aliphatic rings. The number of likely N-dealkylation sites (tertiary alicyclic amines) is 1. The molecule has 0 spiro atoms. The number of H-pyrrole nitrogens is 1. The van der Waals surface area contributed by atoms with Crippen LogP contribution in [0.4, 0.5) is 0 Å². The van der Waals surface area contributed by atoms with E-state index in [0.717, 1.165) is 4.88 Å². The fourth-order valence-corrected chi connectivity index (χ4v) is 4.25. The summed E-state index contributed by atoms with van der Waals surface area (Å²) in [5.41, 5.74) is 4.30. The van der Waals surface area contributed by atoms with Crippen LogP contribution in [-0.2, 0) is 16.0 Å². The number of amides is 3. The largest absolute Gasteiger partial charge is 0.330 e. The summed E-state index contributed by atoms with van der Waals surface area (Å²) in [6.07, 6.45) is 1.49. The number of fused-ring (bicyclic) bond motifs is 1. The third-order valence-corrected chi connectivity index (χ3v) is 5.87. The van der Waals surface area contributed by atoms with Gasteiger partial charge in [0.2, 0.25) is 5.91 Å². The van der Waals surface area contributed by atoms with E-state index in [-0.39, 0.29) is 18.0 Å². The van der Waals surface area contributed by atoms with Crippen LogP contribution in [0.2, 0.25) is 0 Å². The predicted molar refractivity (Wildman–Crippen MR) is 111 cm³/mol. The van der Waals surface area contributed by atoms with E-state index in [2.05, 4.69) is 21.0 Å². The van der Waals surface area contributed by atoms with Crippen molar-refractivity contribution in [1.29, 1.82) is 0 Å². The first-order chi connectivity index (χ1) is 14.5. The van der Waals surface area contributed by atoms with Crippen LogP contribution in [-0.4, -0.2) is 45.4 Å². The number of hydrogen-bond donors (Lipinski definition) is 3. The lowest BCUT2D eigenvalue weighted by molar-refractivity contribution is -0.138. The van der Waals surface area contributed by atoms with E-state index in [9.17, 15) is 19.2 Å². The van der Waals surface area contributed by atoms with Crippen LogP contribution in [0.1, 0.15) is 28.2 Å². The maximum Gasteiger partial charge on any atom is 0.290 e. The maximum atomic E-state index is 12.6. The van der Waals surface area contributed by atoms with E-state index < -0.39 is 23.4 Å². The predicted octanol–water partition coefficient (Wildman–Crippen LogP) is 0.979. The summed E-state index contributed by atoms with van der Waals surface area (Å²) in [4.78, 5) is 52.1. The summed E-state index contributed by atoms with van der Waals surface area (Å²) < 4.78 is 0. The maximum absolute atomic E-state index is 12.6. The highest BCUT2D eigenvalue weighted by atomic mass is 32.1. The number of benzene rings is 1. The van der Waals surface area contributed by atoms with Gasteiger partial charge in [-0.3, -0.25) is 30.0 Å². The van der Waals surface area contributed by atoms with Gasteiger partial charge < -0.3 is 4.90 Å². The molecule has 1 atom stereocenters. The molecule has 1 aromatic carbocycles. The van der Waals surface area contributed by atoms with Gasteiger partial charge in [0.1, 0.15) is 6.04 Å². The van der Waals surface area contributed by atoms with Gasteiger partial charge in [0, 0.05) is 16.8 Å². The molecular formula is C20H19N5O4S. The van der Waals surface area contributed by atoms with E-state index in [4.69, 9.17) is 0 Å². The Labute approximate surface area is 175 Å². The van der Waals surface area contributed by atoms with Crippen molar-refractivity contribution in [2.75, 3.05) is 6.54 Å². The zero-order valence-electron chi connectivity index (χ0n) is 15.9. The van der Waals surface area contributed by atoms with Crippen molar-refractivity contribution < 1.29 is 14.4 Å². The molecule has 3 amide bonds. The molecule has 0 aliphatic carbocycles. The average Bonchev–Trinajstić information content (AvgIpc) is 3.44. The molecule has 3 heterocycles. The fourth-order valence-electron chi connectivity index (χ4n) is 3.55. The van der Waals surface area contributed by atoms with Crippen molar-refractivity contribution in [3.63, 3.8) is 0 Å². The number of thiophene rings is 1. The highest BCUT2D eigenvalue weighted by Crippen LogP contribution is 2.20. The number of hydrazine groups is 1. The molecule has 10 heteroatoms. The summed E-state index contributed by atoms with van der Waals surface area (Å²) in [5, 5.41) is 8.69. The summed E-state index contributed by atoms with van der Waals surface area (Å²) in [6, 6.07) is 9.69. The van der Waals surface area contributed by atoms with Crippen molar-refractivity contribution in [1.82, 2.24) is 25.9 Å². The molecule has 1 saturated heterocycles. The van der Waals surface area contributed by atoms with Crippen molar-refractivity contribution in [2.45, 2.75) is 25.3 Å². The average molecular weight is 425 g/mol. The number of nitrogens with zero attached hydrogens (tertiary/aromatic N) is 2. The van der Waals surface area contributed by atoms with Crippen molar-refractivity contribution in [3.05, 3.63) is 62.7 Å². The minimum absolute atomic E-state index is 0.0115. The summed E-state index contributed by atoms with van der Waals surface area (Å²) in [7, 11) is 0. The Balaban J connectivity index is 1.42. The van der Waals surface area contributed by atoms with Gasteiger partial charge in [-0.25, -0.2) is 5.10 Å². The molecule has 3 N–H and O–H groups in total. The Morgan fingerprint density at radius 2 is 1.93 bits per heavy atom. The molecular weight excluding hydrogens is 406 g/mol. The Kier molecular flexibility index (Phi) is 5.57. The van der Waals surface area contributed by atoms with Gasteiger partial charge in [-0.1, -0.05) is 24.3 Å². The van der Waals surface area contributed by atoms with E-state index in [0.29, 0.717) is 30.2 Å². The lowest BCUT2D eigenvalue weighted by atomic mass is 10.1.